The van der Waals surface area contributed by atoms with Gasteiger partial charge in [-0.15, -0.1) is 0 Å². The fourth-order valence-corrected chi connectivity index (χ4v) is 1.71. The van der Waals surface area contributed by atoms with Gasteiger partial charge in [0.25, 0.3) is 0 Å². The lowest BCUT2D eigenvalue weighted by molar-refractivity contribution is -0.134. The van der Waals surface area contributed by atoms with Crippen molar-refractivity contribution in [3.05, 3.63) is 41.0 Å². The van der Waals surface area contributed by atoms with Crippen LogP contribution in [0.25, 0.3) is 0 Å². The Morgan fingerprint density at radius 1 is 1.11 bits per heavy atom. The van der Waals surface area contributed by atoms with Crippen molar-refractivity contribution in [2.24, 2.45) is 0 Å². The number of carbonyl (C=O) groups excluding carboxylic acids is 2. The van der Waals surface area contributed by atoms with E-state index in [-0.39, 0.29) is 5.78 Å². The first kappa shape index (κ1) is 14.0. The average molecular weight is 248 g/mol. The fourth-order valence-electron chi connectivity index (χ4n) is 1.71. The van der Waals surface area contributed by atoms with Crippen LogP contribution in [-0.4, -0.2) is 26.0 Å². The van der Waals surface area contributed by atoms with Crippen molar-refractivity contribution in [1.29, 1.82) is 0 Å². The summed E-state index contributed by atoms with van der Waals surface area (Å²) in [6.45, 7) is 3.76. The lowest BCUT2D eigenvalue weighted by Crippen LogP contribution is -2.03. The average Bonchev–Trinajstić information content (AvgIpc) is 2.34. The van der Waals surface area contributed by atoms with Crippen molar-refractivity contribution >= 4 is 11.8 Å². The van der Waals surface area contributed by atoms with E-state index >= 15 is 0 Å². The molecule has 0 saturated carbocycles. The summed E-state index contributed by atoms with van der Waals surface area (Å²) in [4.78, 5) is 22.9. The highest BCUT2D eigenvalue weighted by Gasteiger charge is 2.13. The summed E-state index contributed by atoms with van der Waals surface area (Å²) >= 11 is 0. The summed E-state index contributed by atoms with van der Waals surface area (Å²) in [6.07, 6.45) is 2.28. The van der Waals surface area contributed by atoms with Crippen LogP contribution < -0.4 is 4.74 Å². The molecule has 0 N–H and O–H groups in total. The first-order valence-corrected chi connectivity index (χ1v) is 5.45. The van der Waals surface area contributed by atoms with Crippen LogP contribution in [0, 0.1) is 13.8 Å². The van der Waals surface area contributed by atoms with Gasteiger partial charge in [-0.3, -0.25) is 4.79 Å². The van der Waals surface area contributed by atoms with E-state index in [0.717, 1.165) is 17.2 Å². The quantitative estimate of drug-likeness (QED) is 0.466. The van der Waals surface area contributed by atoms with Gasteiger partial charge < -0.3 is 9.47 Å². The molecule has 0 aliphatic carbocycles. The normalized spacial score (nSPS) is 10.4. The highest BCUT2D eigenvalue weighted by molar-refractivity contribution is 6.09. The maximum Gasteiger partial charge on any atom is 0.330 e. The number of methoxy groups -OCH3 is 2. The van der Waals surface area contributed by atoms with E-state index in [1.54, 1.807) is 6.07 Å². The second-order valence-electron chi connectivity index (χ2n) is 3.88. The van der Waals surface area contributed by atoms with Gasteiger partial charge in [0, 0.05) is 6.08 Å². The second kappa shape index (κ2) is 6.00. The molecule has 1 rings (SSSR count). The lowest BCUT2D eigenvalue weighted by atomic mass is 10.0. The minimum atomic E-state index is -0.563. The lowest BCUT2D eigenvalue weighted by Gasteiger charge is -2.10. The number of allylic oxidation sites excluding steroid dienone is 1. The van der Waals surface area contributed by atoms with E-state index in [1.807, 2.05) is 19.9 Å². The Hall–Kier alpha value is -2.10. The molecular formula is C14H16O4. The number of benzene rings is 1. The number of rotatable bonds is 4. The summed E-state index contributed by atoms with van der Waals surface area (Å²) in [5, 5.41) is 0. The number of esters is 1. The van der Waals surface area contributed by atoms with Crippen LogP contribution >= 0.6 is 0 Å². The van der Waals surface area contributed by atoms with Crippen LogP contribution in [0.15, 0.2) is 24.3 Å². The van der Waals surface area contributed by atoms with E-state index in [1.165, 1.54) is 20.3 Å². The largest absolute Gasteiger partial charge is 0.496 e. The minimum absolute atomic E-state index is 0.288. The standard InChI is InChI=1S/C14H16O4/c1-9-7-10(2)14(18-4)11(8-9)12(15)5-6-13(16)17-3/h5-8H,1-4H3/b6-5+. The van der Waals surface area contributed by atoms with Gasteiger partial charge >= 0.3 is 5.97 Å². The summed E-state index contributed by atoms with van der Waals surface area (Å²) < 4.78 is 9.65. The highest BCUT2D eigenvalue weighted by atomic mass is 16.5. The number of carbonyl (C=O) groups is 2. The van der Waals surface area contributed by atoms with Gasteiger partial charge in [0.05, 0.1) is 19.8 Å². The molecule has 1 aromatic rings. The van der Waals surface area contributed by atoms with Crippen molar-refractivity contribution in [2.75, 3.05) is 14.2 Å². The van der Waals surface area contributed by atoms with Crippen molar-refractivity contribution in [3.63, 3.8) is 0 Å². The maximum absolute atomic E-state index is 12.0. The topological polar surface area (TPSA) is 52.6 Å². The summed E-state index contributed by atoms with van der Waals surface area (Å²) in [7, 11) is 2.77. The van der Waals surface area contributed by atoms with E-state index in [4.69, 9.17) is 4.74 Å². The molecule has 0 atom stereocenters. The van der Waals surface area contributed by atoms with Crippen LogP contribution in [0.4, 0.5) is 0 Å². The molecule has 96 valence electrons. The number of hydrogen-bond acceptors (Lipinski definition) is 4. The highest BCUT2D eigenvalue weighted by Crippen LogP contribution is 2.25. The number of ketones is 1. The zero-order valence-electron chi connectivity index (χ0n) is 10.9. The molecule has 4 nitrogen and oxygen atoms in total. The molecule has 0 amide bonds. The monoisotopic (exact) mass is 248 g/mol. The summed E-state index contributed by atoms with van der Waals surface area (Å²) in [5.41, 5.74) is 2.28. The third-order valence-electron chi connectivity index (χ3n) is 2.46. The molecule has 18 heavy (non-hydrogen) atoms. The van der Waals surface area contributed by atoms with Crippen LogP contribution in [0.2, 0.25) is 0 Å². The third-order valence-corrected chi connectivity index (χ3v) is 2.46. The Bertz CT molecular complexity index is 501. The second-order valence-corrected chi connectivity index (χ2v) is 3.88. The van der Waals surface area contributed by atoms with Crippen LogP contribution in [0.1, 0.15) is 21.5 Å². The SMILES string of the molecule is COC(=O)/C=C/C(=O)c1cc(C)cc(C)c1OC. The van der Waals surface area contributed by atoms with E-state index in [0.29, 0.717) is 11.3 Å². The molecule has 0 fully saturated rings. The molecule has 0 aromatic heterocycles. The fraction of sp³-hybridized carbons (Fsp3) is 0.286. The summed E-state index contributed by atoms with van der Waals surface area (Å²) in [5.74, 6) is -0.323. The van der Waals surface area contributed by atoms with Gasteiger partial charge in [-0.1, -0.05) is 6.07 Å². The number of aryl methyl sites for hydroxylation is 2. The van der Waals surface area contributed by atoms with Crippen molar-refractivity contribution in [3.8, 4) is 5.75 Å². The van der Waals surface area contributed by atoms with Crippen molar-refractivity contribution < 1.29 is 19.1 Å². The number of hydrogen-bond donors (Lipinski definition) is 0. The van der Waals surface area contributed by atoms with Crippen molar-refractivity contribution in [2.45, 2.75) is 13.8 Å². The molecule has 0 spiro atoms. The molecule has 0 saturated heterocycles. The Balaban J connectivity index is 3.12. The van der Waals surface area contributed by atoms with E-state index < -0.39 is 5.97 Å². The third kappa shape index (κ3) is 3.20. The molecule has 0 bridgehead atoms. The smallest absolute Gasteiger partial charge is 0.330 e. The zero-order chi connectivity index (χ0) is 13.7. The van der Waals surface area contributed by atoms with Gasteiger partial charge in [-0.05, 0) is 37.1 Å². The van der Waals surface area contributed by atoms with Gasteiger partial charge in [0.2, 0.25) is 0 Å². The van der Waals surface area contributed by atoms with E-state index in [9.17, 15) is 9.59 Å². The predicted octanol–water partition coefficient (Wildman–Crippen LogP) is 2.22. The molecule has 0 aliphatic heterocycles. The predicted molar refractivity (Wildman–Crippen MR) is 68.0 cm³/mol. The molecule has 4 heteroatoms. The molecular weight excluding hydrogens is 232 g/mol. The van der Waals surface area contributed by atoms with Crippen LogP contribution in [0.5, 0.6) is 5.75 Å². The molecule has 0 radical (unpaired) electrons. The first-order chi connectivity index (χ1) is 8.49. The van der Waals surface area contributed by atoms with Gasteiger partial charge in [0.15, 0.2) is 5.78 Å². The first-order valence-electron chi connectivity index (χ1n) is 5.45. The molecule has 0 unspecified atom stereocenters. The van der Waals surface area contributed by atoms with Crippen molar-refractivity contribution in [1.82, 2.24) is 0 Å². The Morgan fingerprint density at radius 2 is 1.78 bits per heavy atom. The Labute approximate surface area is 106 Å². The van der Waals surface area contributed by atoms with Gasteiger partial charge in [-0.2, -0.15) is 0 Å². The molecule has 1 aromatic carbocycles. The maximum atomic E-state index is 12.0. The van der Waals surface area contributed by atoms with Crippen LogP contribution in [-0.2, 0) is 9.53 Å². The molecule has 0 heterocycles. The molecule has 0 aliphatic rings. The van der Waals surface area contributed by atoms with Gasteiger partial charge in [-0.25, -0.2) is 4.79 Å². The minimum Gasteiger partial charge on any atom is -0.496 e. The number of ether oxygens (including phenoxy) is 2. The summed E-state index contributed by atoms with van der Waals surface area (Å²) in [6, 6.07) is 3.66. The Morgan fingerprint density at radius 3 is 2.33 bits per heavy atom. The van der Waals surface area contributed by atoms with Crippen LogP contribution in [0.3, 0.4) is 0 Å². The Kier molecular flexibility index (Phi) is 4.66. The zero-order valence-corrected chi connectivity index (χ0v) is 10.9. The van der Waals surface area contributed by atoms with Gasteiger partial charge in [0.1, 0.15) is 5.75 Å². The van der Waals surface area contributed by atoms with E-state index in [2.05, 4.69) is 4.74 Å².